The maximum atomic E-state index is 12.6. The number of rotatable bonds is 43. The Morgan fingerprint density at radius 3 is 1.55 bits per heavy atom. The molecule has 0 bridgehead atoms. The van der Waals surface area contributed by atoms with Crippen LogP contribution in [0, 0.1) is 5.92 Å². The molecule has 4 N–H and O–H groups in total. The van der Waals surface area contributed by atoms with Crippen molar-refractivity contribution >= 4 is 19.8 Å². The zero-order chi connectivity index (χ0) is 44.4. The summed E-state index contributed by atoms with van der Waals surface area (Å²) in [4.78, 5) is 35.1. The minimum absolute atomic E-state index is 0.0935. The third-order valence-electron chi connectivity index (χ3n) is 9.97. The third-order valence-corrected chi connectivity index (χ3v) is 10.9. The van der Waals surface area contributed by atoms with Crippen molar-refractivity contribution in [3.8, 4) is 0 Å². The first kappa shape index (κ1) is 57.9. The van der Waals surface area contributed by atoms with Crippen LogP contribution in [0.4, 0.5) is 0 Å². The molecule has 350 valence electrons. The van der Waals surface area contributed by atoms with Crippen LogP contribution < -0.4 is 0 Å². The van der Waals surface area contributed by atoms with E-state index < -0.39 is 51.8 Å². The van der Waals surface area contributed by atoms with E-state index in [1.807, 2.05) is 18.2 Å². The summed E-state index contributed by atoms with van der Waals surface area (Å²) in [6.07, 6.45) is 41.5. The Bertz CT molecular complexity index is 1170. The van der Waals surface area contributed by atoms with Gasteiger partial charge in [0.05, 0.1) is 25.9 Å². The lowest BCUT2D eigenvalue weighted by molar-refractivity contribution is -0.161. The molecule has 0 aromatic carbocycles. The van der Waals surface area contributed by atoms with Gasteiger partial charge >= 0.3 is 19.8 Å². The van der Waals surface area contributed by atoms with Gasteiger partial charge in [0.1, 0.15) is 12.7 Å². The number of carbonyl (C=O) groups is 2. The average Bonchev–Trinajstić information content (AvgIpc) is 3.21. The van der Waals surface area contributed by atoms with Gasteiger partial charge in [0.25, 0.3) is 0 Å². The van der Waals surface area contributed by atoms with Crippen molar-refractivity contribution in [2.45, 2.75) is 212 Å². The third kappa shape index (κ3) is 42.6. The molecule has 4 atom stereocenters. The Labute approximate surface area is 365 Å². The van der Waals surface area contributed by atoms with E-state index in [0.717, 1.165) is 57.3 Å². The Hall–Kier alpha value is -2.11. The van der Waals surface area contributed by atoms with Gasteiger partial charge in [-0.1, -0.05) is 179 Å². The topological polar surface area (TPSA) is 169 Å². The number of esters is 2. The first-order valence-corrected chi connectivity index (χ1v) is 25.0. The number of hydrogen-bond acceptors (Lipinski definition) is 10. The summed E-state index contributed by atoms with van der Waals surface area (Å²) >= 11 is 0. The van der Waals surface area contributed by atoms with Crippen LogP contribution in [0.15, 0.2) is 48.6 Å². The highest BCUT2D eigenvalue weighted by Crippen LogP contribution is 2.43. The summed E-state index contributed by atoms with van der Waals surface area (Å²) in [5.41, 5.74) is 0. The van der Waals surface area contributed by atoms with Gasteiger partial charge in [0.2, 0.25) is 0 Å². The molecule has 11 nitrogen and oxygen atoms in total. The van der Waals surface area contributed by atoms with Crippen LogP contribution in [0.3, 0.4) is 0 Å². The van der Waals surface area contributed by atoms with Gasteiger partial charge in [-0.05, 0) is 57.3 Å². The predicted octanol–water partition coefficient (Wildman–Crippen LogP) is 11.7. The molecule has 0 aliphatic carbocycles. The van der Waals surface area contributed by atoms with Crippen molar-refractivity contribution in [1.29, 1.82) is 0 Å². The summed E-state index contributed by atoms with van der Waals surface area (Å²) in [6.45, 7) is 4.47. The van der Waals surface area contributed by atoms with Crippen molar-refractivity contribution < 1.29 is 52.9 Å². The molecule has 0 amide bonds. The van der Waals surface area contributed by atoms with Gasteiger partial charge < -0.3 is 29.7 Å². The normalized spacial score (nSPS) is 14.8. The average molecular weight is 871 g/mol. The largest absolute Gasteiger partial charge is 0.472 e. The molecule has 12 heteroatoms. The molecule has 0 aliphatic heterocycles. The number of phosphoric ester groups is 1. The minimum atomic E-state index is -4.64. The molecular weight excluding hydrogens is 783 g/mol. The molecule has 0 spiro atoms. The molecule has 2 unspecified atom stereocenters. The van der Waals surface area contributed by atoms with Gasteiger partial charge in [-0.3, -0.25) is 18.6 Å². The van der Waals surface area contributed by atoms with E-state index in [1.165, 1.54) is 83.5 Å². The fourth-order valence-electron chi connectivity index (χ4n) is 6.36. The number of aliphatic hydroxyl groups excluding tert-OH is 3. The molecule has 0 aromatic rings. The summed E-state index contributed by atoms with van der Waals surface area (Å²) in [5, 5.41) is 28.1. The molecule has 60 heavy (non-hydrogen) atoms. The van der Waals surface area contributed by atoms with Gasteiger partial charge in [-0.25, -0.2) is 4.57 Å². The lowest BCUT2D eigenvalue weighted by atomic mass is 10.0. The Balaban J connectivity index is 4.33. The Kier molecular flexibility index (Phi) is 40.7. The summed E-state index contributed by atoms with van der Waals surface area (Å²) < 4.78 is 32.7. The number of phosphoric acid groups is 1. The van der Waals surface area contributed by atoms with Gasteiger partial charge in [-0.15, -0.1) is 0 Å². The maximum Gasteiger partial charge on any atom is 0.472 e. The van der Waals surface area contributed by atoms with Crippen molar-refractivity contribution in [3.05, 3.63) is 48.6 Å². The smallest absolute Gasteiger partial charge is 0.462 e. The van der Waals surface area contributed by atoms with E-state index >= 15 is 0 Å². The number of aliphatic hydroxyl groups is 3. The molecule has 0 rings (SSSR count). The fourth-order valence-corrected chi connectivity index (χ4v) is 7.15. The van der Waals surface area contributed by atoms with Gasteiger partial charge in [0.15, 0.2) is 6.10 Å². The van der Waals surface area contributed by atoms with E-state index in [0.29, 0.717) is 25.7 Å². The molecule has 0 radical (unpaired) electrons. The van der Waals surface area contributed by atoms with Gasteiger partial charge in [-0.2, -0.15) is 0 Å². The highest BCUT2D eigenvalue weighted by atomic mass is 31.2. The quantitative estimate of drug-likeness (QED) is 0.0199. The van der Waals surface area contributed by atoms with Crippen molar-refractivity contribution in [2.24, 2.45) is 5.92 Å². The number of ether oxygens (including phenoxy) is 2. The van der Waals surface area contributed by atoms with Crippen LogP contribution >= 0.6 is 7.82 Å². The Morgan fingerprint density at radius 1 is 0.567 bits per heavy atom. The zero-order valence-electron chi connectivity index (χ0n) is 37.9. The van der Waals surface area contributed by atoms with Crippen LogP contribution in [0.25, 0.3) is 0 Å². The second-order valence-electron chi connectivity index (χ2n) is 16.4. The van der Waals surface area contributed by atoms with Gasteiger partial charge in [0, 0.05) is 12.8 Å². The highest BCUT2D eigenvalue weighted by molar-refractivity contribution is 7.47. The van der Waals surface area contributed by atoms with E-state index in [1.54, 1.807) is 0 Å². The maximum absolute atomic E-state index is 12.6. The first-order valence-electron chi connectivity index (χ1n) is 23.5. The second-order valence-corrected chi connectivity index (χ2v) is 17.9. The Morgan fingerprint density at radius 2 is 1.03 bits per heavy atom. The lowest BCUT2D eigenvalue weighted by Gasteiger charge is -2.20. The van der Waals surface area contributed by atoms with E-state index in [4.69, 9.17) is 19.1 Å². The minimum Gasteiger partial charge on any atom is -0.462 e. The molecular formula is C48H87O11P. The van der Waals surface area contributed by atoms with Crippen LogP contribution in [-0.4, -0.2) is 76.9 Å². The van der Waals surface area contributed by atoms with E-state index in [9.17, 15) is 29.3 Å². The predicted molar refractivity (Wildman–Crippen MR) is 243 cm³/mol. The van der Waals surface area contributed by atoms with Crippen LogP contribution in [0.5, 0.6) is 0 Å². The molecule has 0 aliphatic rings. The van der Waals surface area contributed by atoms with Crippen LogP contribution in [0.1, 0.15) is 194 Å². The highest BCUT2D eigenvalue weighted by Gasteiger charge is 2.27. The molecule has 0 aromatic heterocycles. The summed E-state index contributed by atoms with van der Waals surface area (Å²) in [5.74, 6) is -0.177. The summed E-state index contributed by atoms with van der Waals surface area (Å²) in [7, 11) is -4.64. The lowest BCUT2D eigenvalue weighted by Crippen LogP contribution is -2.29. The van der Waals surface area contributed by atoms with Crippen molar-refractivity contribution in [1.82, 2.24) is 0 Å². The van der Waals surface area contributed by atoms with Crippen LogP contribution in [0.2, 0.25) is 0 Å². The first-order chi connectivity index (χ1) is 29.0. The van der Waals surface area contributed by atoms with Crippen LogP contribution in [-0.2, 0) is 32.7 Å². The fraction of sp³-hybridized carbons (Fsp3) is 0.792. The molecule has 0 saturated heterocycles. The van der Waals surface area contributed by atoms with E-state index in [-0.39, 0.29) is 25.6 Å². The number of allylic oxidation sites excluding steroid dienone is 7. The molecule has 0 saturated carbocycles. The number of unbranched alkanes of at least 4 members (excludes halogenated alkanes) is 16. The zero-order valence-corrected chi connectivity index (χ0v) is 38.8. The van der Waals surface area contributed by atoms with Crippen molar-refractivity contribution in [3.63, 3.8) is 0 Å². The molecule has 0 fully saturated rings. The number of carbonyl (C=O) groups excluding carboxylic acids is 2. The SMILES string of the molecule is CCCC(O)C/C=C\C/C=C\C/C=C\C/C=C\CCCC(=O)O[C@H](COC(=O)CCCCCCCCCCCCCCCCCCC(C)C)COP(=O)(O)OC[C@@H](O)CO. The standard InChI is InChI=1S/C48H87O11P/c1-4-34-44(50)36-31-27-23-19-15-11-9-13-17-21-25-29-33-38-48(53)59-46(42-58-60(54,55)57-40-45(51)39-49)41-56-47(52)37-32-28-24-20-16-12-8-6-5-7-10-14-18-22-26-30-35-43(2)3/h9,13,15,19,21,25,27,31,43-46,49-51H,4-8,10-12,14,16-18,20,22-24,26,28-30,32-42H2,1-3H3,(H,54,55)/b13-9-,19-15-,25-21-,31-27-/t44?,45-,46+/m0/s1. The summed E-state index contributed by atoms with van der Waals surface area (Å²) in [6, 6.07) is 0. The monoisotopic (exact) mass is 871 g/mol. The van der Waals surface area contributed by atoms with E-state index in [2.05, 4.69) is 55.7 Å². The number of hydrogen-bond donors (Lipinski definition) is 4. The van der Waals surface area contributed by atoms with Crippen molar-refractivity contribution in [2.75, 3.05) is 26.4 Å². The molecule has 0 heterocycles. The second kappa shape index (κ2) is 42.2.